The van der Waals surface area contributed by atoms with Gasteiger partial charge in [0.15, 0.2) is 0 Å². The third kappa shape index (κ3) is 5.40. The first-order chi connectivity index (χ1) is 27.2. The molecule has 1 heterocycles. The van der Waals surface area contributed by atoms with Gasteiger partial charge in [-0.15, -0.1) is 0 Å². The van der Waals surface area contributed by atoms with E-state index in [2.05, 4.69) is 195 Å². The maximum Gasteiger partial charge on any atom is 0.143 e. The van der Waals surface area contributed by atoms with E-state index in [-0.39, 0.29) is 0 Å². The molecule has 258 valence electrons. The van der Waals surface area contributed by atoms with Crippen LogP contribution in [0.5, 0.6) is 11.5 Å². The van der Waals surface area contributed by atoms with Crippen LogP contribution in [0.3, 0.4) is 0 Å². The highest BCUT2D eigenvalue weighted by molar-refractivity contribution is 6.25. The zero-order valence-electron chi connectivity index (χ0n) is 30.3. The zero-order valence-corrected chi connectivity index (χ0v) is 30.3. The van der Waals surface area contributed by atoms with Crippen LogP contribution in [-0.4, -0.2) is 0 Å². The molecule has 0 aliphatic carbocycles. The van der Waals surface area contributed by atoms with Crippen molar-refractivity contribution in [1.29, 1.82) is 0 Å². The van der Waals surface area contributed by atoms with Gasteiger partial charge in [0.05, 0.1) is 0 Å². The smallest absolute Gasteiger partial charge is 0.143 e. The Bertz CT molecular complexity index is 3090. The van der Waals surface area contributed by atoms with Gasteiger partial charge < -0.3 is 4.74 Å². The van der Waals surface area contributed by atoms with Crippen LogP contribution in [-0.2, 0) is 0 Å². The van der Waals surface area contributed by atoms with Gasteiger partial charge in [0, 0.05) is 16.5 Å². The summed E-state index contributed by atoms with van der Waals surface area (Å²) in [6, 6.07) is 66.1. The second kappa shape index (κ2) is 13.3. The Morgan fingerprint density at radius 3 is 1.42 bits per heavy atom. The Morgan fingerprint density at radius 2 is 0.782 bits per heavy atom. The zero-order chi connectivity index (χ0) is 36.9. The summed E-state index contributed by atoms with van der Waals surface area (Å²) in [5, 5.41) is 12.7. The molecule has 0 amide bonds. The van der Waals surface area contributed by atoms with Gasteiger partial charge >= 0.3 is 0 Å². The van der Waals surface area contributed by atoms with Crippen LogP contribution < -0.4 is 4.74 Å². The Labute approximate surface area is 320 Å². The minimum absolute atomic E-state index is 0.918. The number of ether oxygens (including phenoxy) is 1. The van der Waals surface area contributed by atoms with Gasteiger partial charge in [0.2, 0.25) is 0 Å². The molecule has 1 nitrogen and oxygen atoms in total. The molecule has 0 N–H and O–H groups in total. The summed E-state index contributed by atoms with van der Waals surface area (Å²) in [5.74, 6) is 1.84. The molecule has 0 saturated carbocycles. The summed E-state index contributed by atoms with van der Waals surface area (Å²) in [4.78, 5) is 0. The van der Waals surface area contributed by atoms with Crippen LogP contribution in [0, 0.1) is 0 Å². The molecule has 0 spiro atoms. The topological polar surface area (TPSA) is 9.23 Å². The first kappa shape index (κ1) is 32.4. The summed E-state index contributed by atoms with van der Waals surface area (Å²) in [6.07, 6.45) is 3.28. The number of allylic oxidation sites excluding steroid dienone is 2. The summed E-state index contributed by atoms with van der Waals surface area (Å²) in [5.41, 5.74) is 9.42. The van der Waals surface area contributed by atoms with E-state index in [0.29, 0.717) is 0 Å². The van der Waals surface area contributed by atoms with Crippen molar-refractivity contribution in [3.05, 3.63) is 207 Å². The van der Waals surface area contributed by atoms with Crippen molar-refractivity contribution in [2.75, 3.05) is 0 Å². The summed E-state index contributed by atoms with van der Waals surface area (Å²) in [7, 11) is 0. The van der Waals surface area contributed by atoms with Gasteiger partial charge in [0.1, 0.15) is 11.5 Å². The predicted octanol–water partition coefficient (Wildman–Crippen LogP) is 15.6. The van der Waals surface area contributed by atoms with Crippen molar-refractivity contribution in [3.63, 3.8) is 0 Å². The van der Waals surface area contributed by atoms with Crippen LogP contribution in [0.1, 0.15) is 0 Å². The molecule has 10 aromatic rings. The van der Waals surface area contributed by atoms with Gasteiger partial charge in [-0.1, -0.05) is 195 Å². The Hall–Kier alpha value is -7.22. The van der Waals surface area contributed by atoms with Crippen LogP contribution in [0.2, 0.25) is 0 Å². The molecule has 0 aromatic heterocycles. The minimum Gasteiger partial charge on any atom is -0.455 e. The van der Waals surface area contributed by atoms with Gasteiger partial charge in [-0.2, -0.15) is 0 Å². The molecular weight excluding hydrogens is 665 g/mol. The van der Waals surface area contributed by atoms with Crippen LogP contribution in [0.4, 0.5) is 0 Å². The Morgan fingerprint density at radius 1 is 0.327 bits per heavy atom. The summed E-state index contributed by atoms with van der Waals surface area (Å²) in [6.45, 7) is 6.72. The van der Waals surface area contributed by atoms with Gasteiger partial charge in [0.25, 0.3) is 0 Å². The molecule has 1 aliphatic heterocycles. The quantitative estimate of drug-likeness (QED) is 0.131. The molecule has 0 fully saturated rings. The molecule has 0 unspecified atom stereocenters. The first-order valence-corrected chi connectivity index (χ1v) is 18.7. The monoisotopic (exact) mass is 700 g/mol. The maximum absolute atomic E-state index is 6.78. The van der Waals surface area contributed by atoms with Crippen LogP contribution >= 0.6 is 0 Å². The number of para-hydroxylation sites is 1. The lowest BCUT2D eigenvalue weighted by atomic mass is 9.89. The second-order valence-corrected chi connectivity index (χ2v) is 14.1. The third-order valence-corrected chi connectivity index (χ3v) is 11.0. The van der Waals surface area contributed by atoms with Gasteiger partial charge in [-0.05, 0) is 94.0 Å². The van der Waals surface area contributed by atoms with Crippen molar-refractivity contribution in [3.8, 4) is 56.0 Å². The fourth-order valence-electron chi connectivity index (χ4n) is 8.41. The fourth-order valence-corrected chi connectivity index (χ4v) is 8.41. The average molecular weight is 701 g/mol. The van der Waals surface area contributed by atoms with Gasteiger partial charge in [-0.25, -0.2) is 0 Å². The normalized spacial score (nSPS) is 11.6. The summed E-state index contributed by atoms with van der Waals surface area (Å²) < 4.78 is 6.78. The van der Waals surface area contributed by atoms with E-state index in [1.165, 1.54) is 81.7 Å². The molecule has 1 heteroatoms. The lowest BCUT2D eigenvalue weighted by Crippen LogP contribution is -1.99. The Kier molecular flexibility index (Phi) is 7.86. The molecular formula is C54H36O. The number of benzene rings is 10. The number of rotatable bonds is 4. The van der Waals surface area contributed by atoms with Crippen molar-refractivity contribution in [2.45, 2.75) is 0 Å². The van der Waals surface area contributed by atoms with E-state index in [0.717, 1.165) is 28.2 Å². The third-order valence-electron chi connectivity index (χ3n) is 11.0. The van der Waals surface area contributed by atoms with E-state index in [4.69, 9.17) is 4.74 Å². The van der Waals surface area contributed by atoms with Crippen molar-refractivity contribution >= 4 is 53.9 Å². The highest BCUT2D eigenvalue weighted by Crippen LogP contribution is 2.51. The van der Waals surface area contributed by atoms with Crippen LogP contribution in [0.25, 0.3) is 98.4 Å². The average Bonchev–Trinajstić information content (AvgIpc) is 3.26. The highest BCUT2D eigenvalue weighted by Gasteiger charge is 2.24. The van der Waals surface area contributed by atoms with Crippen molar-refractivity contribution in [1.82, 2.24) is 0 Å². The minimum atomic E-state index is 0.918. The predicted molar refractivity (Wildman–Crippen MR) is 236 cm³/mol. The number of hydrogen-bond donors (Lipinski definition) is 0. The fraction of sp³-hybridized carbons (Fsp3) is 0. The van der Waals surface area contributed by atoms with Crippen LogP contribution in [0.15, 0.2) is 207 Å². The lowest BCUT2D eigenvalue weighted by Gasteiger charge is -2.24. The summed E-state index contributed by atoms with van der Waals surface area (Å²) >= 11 is 0. The molecule has 0 bridgehead atoms. The van der Waals surface area contributed by atoms with Crippen molar-refractivity contribution in [2.24, 2.45) is 0 Å². The molecule has 1 aliphatic rings. The largest absolute Gasteiger partial charge is 0.455 e. The maximum atomic E-state index is 6.78. The van der Waals surface area contributed by atoms with E-state index in [1.54, 1.807) is 12.2 Å². The van der Waals surface area contributed by atoms with E-state index in [1.807, 2.05) is 0 Å². The molecule has 0 atom stereocenters. The second-order valence-electron chi connectivity index (χ2n) is 14.1. The number of fused-ring (bicyclic) bond motifs is 10. The molecule has 55 heavy (non-hydrogen) atoms. The van der Waals surface area contributed by atoms with Crippen molar-refractivity contribution < 1.29 is 4.74 Å². The molecule has 0 radical (unpaired) electrons. The SMILES string of the molecule is C=CC=C.c1cc(-c2ccc(-c3ccc(-c4ccc5c6ccccc6c6ccccc6c5c4)cc3)cc2)c2c(c1)-c1cccc3c1c(cc1ccccc13)O2. The van der Waals surface area contributed by atoms with Gasteiger partial charge in [-0.3, -0.25) is 0 Å². The Balaban J connectivity index is 0.000000891. The first-order valence-electron chi connectivity index (χ1n) is 18.7. The molecule has 10 aromatic carbocycles. The van der Waals surface area contributed by atoms with E-state index in [9.17, 15) is 0 Å². The lowest BCUT2D eigenvalue weighted by molar-refractivity contribution is 0.489. The number of hydrogen-bond acceptors (Lipinski definition) is 1. The molecule has 11 rings (SSSR count). The highest BCUT2D eigenvalue weighted by atomic mass is 16.5. The molecule has 0 saturated heterocycles. The van der Waals surface area contributed by atoms with E-state index >= 15 is 0 Å². The standard InChI is InChI=1S/C50H30O.C4H6/c1-2-10-37-36(9-1)30-48-49-44(37)16-8-17-45(49)46-18-7-15-38(50(46)51-48)34-25-23-32(24-26-34)31-19-21-33(22-20-31)35-27-28-43-41-13-4-3-11-39(41)40-12-5-6-14-42(40)47(43)29-35;1-3-4-2/h1-30H;3-4H,1-2H2. The van der Waals surface area contributed by atoms with E-state index < -0.39 is 0 Å².